The summed E-state index contributed by atoms with van der Waals surface area (Å²) < 4.78 is 13.7. The van der Waals surface area contributed by atoms with Crippen LogP contribution in [-0.2, 0) is 16.9 Å². The fraction of sp³-hybridized carbons (Fsp3) is 0.452. The second kappa shape index (κ2) is 9.01. The maximum atomic E-state index is 12.3. The van der Waals surface area contributed by atoms with Gasteiger partial charge in [-0.15, -0.1) is 11.3 Å². The van der Waals surface area contributed by atoms with Crippen LogP contribution in [0.1, 0.15) is 72.8 Å². The van der Waals surface area contributed by atoms with Crippen molar-refractivity contribution in [3.05, 3.63) is 68.3 Å². The lowest BCUT2D eigenvalue weighted by atomic mass is 9.48. The van der Waals surface area contributed by atoms with Gasteiger partial charge in [0.1, 0.15) is 22.1 Å². The zero-order chi connectivity index (χ0) is 27.2. The molecule has 204 valence electrons. The van der Waals surface area contributed by atoms with Crippen LogP contribution in [-0.4, -0.2) is 20.8 Å². The van der Waals surface area contributed by atoms with E-state index < -0.39 is 5.60 Å². The summed E-state index contributed by atoms with van der Waals surface area (Å²) in [5.41, 5.74) is 2.50. The molecule has 2 aromatic carbocycles. The van der Waals surface area contributed by atoms with Crippen LogP contribution in [0.5, 0.6) is 0 Å². The van der Waals surface area contributed by atoms with E-state index in [9.17, 15) is 10.4 Å². The predicted octanol–water partition coefficient (Wildman–Crippen LogP) is 7.99. The van der Waals surface area contributed by atoms with Crippen molar-refractivity contribution in [3.63, 3.8) is 0 Å². The molecule has 0 unspecified atom stereocenters. The molecule has 0 spiro atoms. The van der Waals surface area contributed by atoms with Gasteiger partial charge in [0.05, 0.1) is 44.1 Å². The molecule has 5 saturated carbocycles. The first kappa shape index (κ1) is 25.3. The molecule has 5 atom stereocenters. The molecular formula is C31H27Cl2N3O3S. The van der Waals surface area contributed by atoms with E-state index in [1.165, 1.54) is 11.3 Å². The van der Waals surface area contributed by atoms with Crippen molar-refractivity contribution < 1.29 is 14.4 Å². The molecule has 4 aromatic rings. The Hall–Kier alpha value is -2.47. The van der Waals surface area contributed by atoms with E-state index in [4.69, 9.17) is 37.4 Å². The molecule has 5 fully saturated rings. The number of fused-ring (bicyclic) bond motifs is 1. The number of thiazole rings is 1. The average Bonchev–Trinajstić information content (AvgIpc) is 3.55. The lowest BCUT2D eigenvalue weighted by molar-refractivity contribution is -0.250. The van der Waals surface area contributed by atoms with Crippen LogP contribution in [0.3, 0.4) is 0 Å². The lowest BCUT2D eigenvalue weighted by Crippen LogP contribution is -2.62. The number of halogens is 2. The number of aliphatic hydroxyl groups is 1. The minimum atomic E-state index is -0.965. The van der Waals surface area contributed by atoms with E-state index in [1.807, 2.05) is 30.3 Å². The Labute approximate surface area is 245 Å². The maximum absolute atomic E-state index is 12.3. The summed E-state index contributed by atoms with van der Waals surface area (Å²) in [5, 5.41) is 27.9. The molecule has 4 bridgehead atoms. The van der Waals surface area contributed by atoms with Crippen LogP contribution in [0.15, 0.2) is 40.9 Å². The summed E-state index contributed by atoms with van der Waals surface area (Å²) in [6.07, 6.45) is 6.73. The average molecular weight is 593 g/mol. The van der Waals surface area contributed by atoms with E-state index in [-0.39, 0.29) is 17.4 Å². The Kier molecular flexibility index (Phi) is 5.69. The Balaban J connectivity index is 1.10. The van der Waals surface area contributed by atoms with Crippen molar-refractivity contribution in [2.24, 2.45) is 17.8 Å². The third-order valence-electron chi connectivity index (χ3n) is 9.73. The molecule has 1 N–H and O–H groups in total. The second-order valence-electron chi connectivity index (χ2n) is 12.2. The van der Waals surface area contributed by atoms with E-state index >= 15 is 0 Å². The Morgan fingerprint density at radius 1 is 1.10 bits per heavy atom. The van der Waals surface area contributed by atoms with Crippen LogP contribution in [0.2, 0.25) is 10.0 Å². The standard InChI is InChI=1S/C31H27Cl2N3O3S/c32-22-2-1-3-23(33)26(22)27-21(28(39-36-27)18-5-6-18)15-38-30-11-17-8-19(12-30)31(37,20(9-17)13-30)29-35-24-7-4-16(14-34)10-25(24)40-29/h1-4,7,10,17-20,37H,5-6,8-9,11-13,15H2/t17-,19-,20+,30-,31+. The van der Waals surface area contributed by atoms with Gasteiger partial charge in [-0.2, -0.15) is 5.26 Å². The van der Waals surface area contributed by atoms with Gasteiger partial charge in [0, 0.05) is 17.0 Å². The van der Waals surface area contributed by atoms with Gasteiger partial charge in [0.2, 0.25) is 0 Å². The van der Waals surface area contributed by atoms with Crippen LogP contribution >= 0.6 is 34.5 Å². The third-order valence-corrected chi connectivity index (χ3v) is 11.5. The smallest absolute Gasteiger partial charge is 0.145 e. The van der Waals surface area contributed by atoms with Crippen molar-refractivity contribution in [2.75, 3.05) is 0 Å². The fourth-order valence-corrected chi connectivity index (χ4v) is 9.71. The summed E-state index contributed by atoms with van der Waals surface area (Å²) in [6.45, 7) is 0.384. The largest absolute Gasteiger partial charge is 0.382 e. The van der Waals surface area contributed by atoms with Gasteiger partial charge in [0.25, 0.3) is 0 Å². The molecule has 0 radical (unpaired) electrons. The molecule has 9 heteroatoms. The summed E-state index contributed by atoms with van der Waals surface area (Å²) in [5.74, 6) is 1.94. The number of benzene rings is 2. The zero-order valence-corrected chi connectivity index (χ0v) is 24.0. The number of hydrogen-bond donors (Lipinski definition) is 1. The molecule has 9 rings (SSSR count). The molecule has 2 aromatic heterocycles. The van der Waals surface area contributed by atoms with Gasteiger partial charge in [-0.25, -0.2) is 4.98 Å². The van der Waals surface area contributed by atoms with E-state index in [1.54, 1.807) is 6.07 Å². The normalized spacial score (nSPS) is 30.7. The summed E-state index contributed by atoms with van der Waals surface area (Å²) in [4.78, 5) is 4.89. The van der Waals surface area contributed by atoms with Crippen molar-refractivity contribution in [1.82, 2.24) is 10.1 Å². The van der Waals surface area contributed by atoms with Crippen LogP contribution in [0.25, 0.3) is 21.5 Å². The van der Waals surface area contributed by atoms with Gasteiger partial charge >= 0.3 is 0 Å². The SMILES string of the molecule is N#Cc1ccc2nc([C@]3(O)[C@@H]4C[C@@H]5C[C@H]3C[C@@](OCc3c(-c6c(Cl)cccc6Cl)noc3C3CC3)(C5)C4)sc2c1. The molecule has 0 amide bonds. The summed E-state index contributed by atoms with van der Waals surface area (Å²) >= 11 is 14.7. The van der Waals surface area contributed by atoms with Gasteiger partial charge < -0.3 is 14.4 Å². The van der Waals surface area contributed by atoms with Gasteiger partial charge in [-0.3, -0.25) is 0 Å². The number of aromatic nitrogens is 2. The quantitative estimate of drug-likeness (QED) is 0.244. The highest BCUT2D eigenvalue weighted by Crippen LogP contribution is 2.65. The van der Waals surface area contributed by atoms with E-state index in [0.717, 1.165) is 71.5 Å². The van der Waals surface area contributed by atoms with E-state index in [0.29, 0.717) is 45.3 Å². The molecular weight excluding hydrogens is 565 g/mol. The second-order valence-corrected chi connectivity index (χ2v) is 14.0. The highest BCUT2D eigenvalue weighted by Gasteiger charge is 2.64. The van der Waals surface area contributed by atoms with Crippen molar-refractivity contribution in [2.45, 2.75) is 68.7 Å². The molecule has 6 nitrogen and oxygen atoms in total. The van der Waals surface area contributed by atoms with Crippen molar-refractivity contribution in [3.8, 4) is 17.3 Å². The fourth-order valence-electron chi connectivity index (χ4n) is 7.88. The van der Waals surface area contributed by atoms with Crippen molar-refractivity contribution in [1.29, 1.82) is 5.26 Å². The number of rotatable bonds is 6. The Morgan fingerprint density at radius 3 is 2.55 bits per heavy atom. The topological polar surface area (TPSA) is 92.2 Å². The van der Waals surface area contributed by atoms with Gasteiger partial charge in [0.15, 0.2) is 0 Å². The first-order valence-corrected chi connectivity index (χ1v) is 15.5. The molecule has 0 aliphatic heterocycles. The lowest BCUT2D eigenvalue weighted by Gasteiger charge is -2.62. The predicted molar refractivity (Wildman–Crippen MR) is 153 cm³/mol. The summed E-state index contributed by atoms with van der Waals surface area (Å²) in [7, 11) is 0. The number of hydrogen-bond acceptors (Lipinski definition) is 7. The molecule has 40 heavy (non-hydrogen) atoms. The van der Waals surface area contributed by atoms with Crippen molar-refractivity contribution >= 4 is 44.8 Å². The number of nitrogens with zero attached hydrogens (tertiary/aromatic N) is 3. The molecule has 2 heterocycles. The summed E-state index contributed by atoms with van der Waals surface area (Å²) in [6, 6.07) is 13.2. The zero-order valence-electron chi connectivity index (χ0n) is 21.7. The van der Waals surface area contributed by atoms with Gasteiger partial charge in [-0.05, 0) is 93.0 Å². The van der Waals surface area contributed by atoms with Gasteiger partial charge in [-0.1, -0.05) is 34.4 Å². The molecule has 0 saturated heterocycles. The highest BCUT2D eigenvalue weighted by molar-refractivity contribution is 7.18. The van der Waals surface area contributed by atoms with E-state index in [2.05, 4.69) is 11.2 Å². The third kappa shape index (κ3) is 3.80. The van der Waals surface area contributed by atoms with Crippen LogP contribution < -0.4 is 0 Å². The van der Waals surface area contributed by atoms with Crippen LogP contribution in [0, 0.1) is 29.1 Å². The molecule has 5 aliphatic carbocycles. The number of nitriles is 1. The Morgan fingerprint density at radius 2 is 1.85 bits per heavy atom. The minimum absolute atomic E-state index is 0.0811. The maximum Gasteiger partial charge on any atom is 0.145 e. The minimum Gasteiger partial charge on any atom is -0.382 e. The number of ether oxygens (including phenoxy) is 1. The first-order valence-electron chi connectivity index (χ1n) is 14.0. The Bertz CT molecular complexity index is 1670. The monoisotopic (exact) mass is 591 g/mol. The van der Waals surface area contributed by atoms with Crippen LogP contribution in [0.4, 0.5) is 0 Å². The first-order chi connectivity index (χ1) is 19.4. The molecule has 5 aliphatic rings. The highest BCUT2D eigenvalue weighted by atomic mass is 35.5.